The van der Waals surface area contributed by atoms with Crippen molar-refractivity contribution >= 4 is 40.7 Å². The van der Waals surface area contributed by atoms with Crippen LogP contribution in [0, 0.1) is 0 Å². The van der Waals surface area contributed by atoms with E-state index in [9.17, 15) is 0 Å². The second-order valence-electron chi connectivity index (χ2n) is 5.49. The van der Waals surface area contributed by atoms with Gasteiger partial charge in [-0.05, 0) is 35.9 Å². The Bertz CT molecular complexity index is 934. The summed E-state index contributed by atoms with van der Waals surface area (Å²) >= 11 is 12.0. The molecule has 0 unspecified atom stereocenters. The summed E-state index contributed by atoms with van der Waals surface area (Å²) in [6.45, 7) is 0.769. The molecule has 9 heteroatoms. The van der Waals surface area contributed by atoms with E-state index in [1.165, 1.54) is 6.20 Å². The average Bonchev–Trinajstić information content (AvgIpc) is 3.07. The Morgan fingerprint density at radius 3 is 2.65 bits per heavy atom. The van der Waals surface area contributed by atoms with Crippen LogP contribution in [0.4, 0.5) is 17.5 Å². The Balaban J connectivity index is 1.44. The molecule has 0 amide bonds. The van der Waals surface area contributed by atoms with E-state index in [4.69, 9.17) is 32.7 Å². The maximum absolute atomic E-state index is 6.00. The molecule has 132 valence electrons. The van der Waals surface area contributed by atoms with Gasteiger partial charge in [0.1, 0.15) is 0 Å². The first-order valence-corrected chi connectivity index (χ1v) is 8.46. The van der Waals surface area contributed by atoms with Crippen molar-refractivity contribution in [2.24, 2.45) is 0 Å². The molecule has 0 aliphatic carbocycles. The molecule has 0 atom stereocenters. The lowest BCUT2D eigenvalue weighted by atomic mass is 10.2. The number of nitrogens with zero attached hydrogens (tertiary/aromatic N) is 3. The van der Waals surface area contributed by atoms with Crippen LogP contribution in [0.3, 0.4) is 0 Å². The first kappa shape index (κ1) is 16.7. The summed E-state index contributed by atoms with van der Waals surface area (Å²) in [5, 5.41) is 15.2. The fourth-order valence-electron chi connectivity index (χ4n) is 2.44. The molecule has 0 saturated heterocycles. The molecular weight excluding hydrogens is 377 g/mol. The van der Waals surface area contributed by atoms with Crippen LogP contribution < -0.4 is 20.1 Å². The van der Waals surface area contributed by atoms with Gasteiger partial charge >= 0.3 is 0 Å². The zero-order valence-corrected chi connectivity index (χ0v) is 14.9. The standard InChI is InChI=1S/C17H13Cl2N5O2/c18-11-4-12(19)6-13(5-11)22-16-8-21-24-17(23-16)20-7-10-1-2-14-15(3-10)26-9-25-14/h1-6,8H,7,9H2,(H2,20,22,23,24). The highest BCUT2D eigenvalue weighted by Gasteiger charge is 2.13. The molecule has 1 aliphatic rings. The summed E-state index contributed by atoms with van der Waals surface area (Å²) < 4.78 is 10.7. The maximum Gasteiger partial charge on any atom is 0.244 e. The van der Waals surface area contributed by atoms with Crippen LogP contribution >= 0.6 is 23.2 Å². The third-order valence-corrected chi connectivity index (χ3v) is 4.02. The van der Waals surface area contributed by atoms with Gasteiger partial charge in [-0.25, -0.2) is 0 Å². The van der Waals surface area contributed by atoms with Gasteiger partial charge < -0.3 is 20.1 Å². The lowest BCUT2D eigenvalue weighted by Gasteiger charge is -2.09. The van der Waals surface area contributed by atoms with Crippen molar-refractivity contribution in [1.29, 1.82) is 0 Å². The minimum atomic E-state index is 0.250. The Labute approximate surface area is 159 Å². The van der Waals surface area contributed by atoms with Gasteiger partial charge in [0.05, 0.1) is 6.20 Å². The van der Waals surface area contributed by atoms with Gasteiger partial charge in [-0.3, -0.25) is 0 Å². The summed E-state index contributed by atoms with van der Waals surface area (Å²) in [5.74, 6) is 2.39. The molecule has 7 nitrogen and oxygen atoms in total. The molecule has 2 N–H and O–H groups in total. The first-order valence-electron chi connectivity index (χ1n) is 7.71. The van der Waals surface area contributed by atoms with E-state index < -0.39 is 0 Å². The van der Waals surface area contributed by atoms with E-state index in [-0.39, 0.29) is 6.79 Å². The van der Waals surface area contributed by atoms with Crippen molar-refractivity contribution in [3.8, 4) is 11.5 Å². The third-order valence-electron chi connectivity index (χ3n) is 3.58. The van der Waals surface area contributed by atoms with E-state index in [0.29, 0.717) is 34.0 Å². The van der Waals surface area contributed by atoms with Crippen LogP contribution in [0.15, 0.2) is 42.6 Å². The van der Waals surface area contributed by atoms with Gasteiger partial charge in [0, 0.05) is 22.3 Å². The van der Waals surface area contributed by atoms with Gasteiger partial charge in [-0.15, -0.1) is 5.10 Å². The molecule has 0 fully saturated rings. The van der Waals surface area contributed by atoms with Crippen molar-refractivity contribution in [3.05, 3.63) is 58.2 Å². The highest BCUT2D eigenvalue weighted by molar-refractivity contribution is 6.35. The number of hydrogen-bond acceptors (Lipinski definition) is 7. The van der Waals surface area contributed by atoms with Crippen molar-refractivity contribution in [3.63, 3.8) is 0 Å². The average molecular weight is 390 g/mol. The van der Waals surface area contributed by atoms with Crippen molar-refractivity contribution in [2.45, 2.75) is 6.54 Å². The molecule has 0 spiro atoms. The van der Waals surface area contributed by atoms with Gasteiger partial charge in [0.15, 0.2) is 17.3 Å². The Morgan fingerprint density at radius 1 is 1.00 bits per heavy atom. The molecule has 0 radical (unpaired) electrons. The first-order chi connectivity index (χ1) is 12.7. The van der Waals surface area contributed by atoms with E-state index in [0.717, 1.165) is 17.1 Å². The van der Waals surface area contributed by atoms with E-state index in [1.54, 1.807) is 18.2 Å². The lowest BCUT2D eigenvalue weighted by molar-refractivity contribution is 0.174. The predicted octanol–water partition coefficient (Wildman–Crippen LogP) is 4.26. The van der Waals surface area contributed by atoms with Crippen molar-refractivity contribution in [2.75, 3.05) is 17.4 Å². The van der Waals surface area contributed by atoms with Crippen LogP contribution in [0.1, 0.15) is 5.56 Å². The summed E-state index contributed by atoms with van der Waals surface area (Å²) in [7, 11) is 0. The maximum atomic E-state index is 6.00. The molecular formula is C17H13Cl2N5O2. The largest absolute Gasteiger partial charge is 0.454 e. The number of aromatic nitrogens is 3. The number of ether oxygens (including phenoxy) is 2. The summed E-state index contributed by atoms with van der Waals surface area (Å²) in [4.78, 5) is 4.38. The fraction of sp³-hybridized carbons (Fsp3) is 0.118. The van der Waals surface area contributed by atoms with Crippen LogP contribution in [0.2, 0.25) is 10.0 Å². The molecule has 2 aromatic carbocycles. The van der Waals surface area contributed by atoms with Crippen LogP contribution in [-0.4, -0.2) is 22.0 Å². The Morgan fingerprint density at radius 2 is 1.81 bits per heavy atom. The van der Waals surface area contributed by atoms with Crippen LogP contribution in [-0.2, 0) is 6.54 Å². The van der Waals surface area contributed by atoms with Crippen LogP contribution in [0.25, 0.3) is 0 Å². The monoisotopic (exact) mass is 389 g/mol. The highest BCUT2D eigenvalue weighted by Crippen LogP contribution is 2.32. The Hall–Kier alpha value is -2.77. The quantitative estimate of drug-likeness (QED) is 0.674. The number of nitrogens with one attached hydrogen (secondary N) is 2. The molecule has 26 heavy (non-hydrogen) atoms. The molecule has 1 aliphatic heterocycles. The molecule has 4 rings (SSSR count). The number of fused-ring (bicyclic) bond motifs is 1. The normalized spacial score (nSPS) is 12.1. The lowest BCUT2D eigenvalue weighted by Crippen LogP contribution is -2.06. The minimum Gasteiger partial charge on any atom is -0.454 e. The van der Waals surface area contributed by atoms with Crippen molar-refractivity contribution in [1.82, 2.24) is 15.2 Å². The molecule has 1 aromatic heterocycles. The number of hydrogen-bond donors (Lipinski definition) is 2. The van der Waals surface area contributed by atoms with E-state index in [2.05, 4.69) is 25.8 Å². The molecule has 0 saturated carbocycles. The third kappa shape index (κ3) is 3.89. The summed E-state index contributed by atoms with van der Waals surface area (Å²) in [6.07, 6.45) is 1.51. The molecule has 2 heterocycles. The zero-order chi connectivity index (χ0) is 17.9. The second kappa shape index (κ2) is 7.23. The van der Waals surface area contributed by atoms with Gasteiger partial charge in [-0.1, -0.05) is 29.3 Å². The number of benzene rings is 2. The van der Waals surface area contributed by atoms with Crippen molar-refractivity contribution < 1.29 is 9.47 Å². The zero-order valence-electron chi connectivity index (χ0n) is 13.4. The highest BCUT2D eigenvalue weighted by atomic mass is 35.5. The van der Waals surface area contributed by atoms with Gasteiger partial charge in [0.2, 0.25) is 12.7 Å². The van der Waals surface area contributed by atoms with Gasteiger partial charge in [0.25, 0.3) is 0 Å². The number of halogens is 2. The minimum absolute atomic E-state index is 0.250. The van der Waals surface area contributed by atoms with E-state index >= 15 is 0 Å². The fourth-order valence-corrected chi connectivity index (χ4v) is 2.97. The number of rotatable bonds is 5. The predicted molar refractivity (Wildman–Crippen MR) is 99.5 cm³/mol. The molecule has 3 aromatic rings. The summed E-state index contributed by atoms with van der Waals surface area (Å²) in [5.41, 5.74) is 1.72. The summed E-state index contributed by atoms with van der Waals surface area (Å²) in [6, 6.07) is 10.9. The number of anilines is 3. The second-order valence-corrected chi connectivity index (χ2v) is 6.36. The van der Waals surface area contributed by atoms with E-state index in [1.807, 2.05) is 18.2 Å². The Kier molecular flexibility index (Phi) is 4.64. The smallest absolute Gasteiger partial charge is 0.244 e. The SMILES string of the molecule is Clc1cc(Cl)cc(Nc2cnnc(NCc3ccc4c(c3)OCO4)n2)c1. The molecule has 0 bridgehead atoms. The van der Waals surface area contributed by atoms with Gasteiger partial charge in [-0.2, -0.15) is 10.1 Å². The topological polar surface area (TPSA) is 81.2 Å². The van der Waals surface area contributed by atoms with Crippen LogP contribution in [0.5, 0.6) is 11.5 Å².